The van der Waals surface area contributed by atoms with Crippen molar-refractivity contribution in [3.05, 3.63) is 35.2 Å². The number of aliphatic carboxylic acids is 1. The van der Waals surface area contributed by atoms with Gasteiger partial charge in [-0.1, -0.05) is 32.0 Å². The van der Waals surface area contributed by atoms with Gasteiger partial charge < -0.3 is 10.4 Å². The van der Waals surface area contributed by atoms with Crippen molar-refractivity contribution in [1.29, 1.82) is 0 Å². The maximum atomic E-state index is 11.2. The van der Waals surface area contributed by atoms with Gasteiger partial charge in [0.1, 0.15) is 0 Å². The van der Waals surface area contributed by atoms with Crippen LogP contribution < -0.4 is 5.32 Å². The van der Waals surface area contributed by atoms with Crippen LogP contribution in [-0.2, 0) is 11.3 Å². The van der Waals surface area contributed by atoms with E-state index in [9.17, 15) is 9.90 Å². The molecule has 0 radical (unpaired) electrons. The van der Waals surface area contributed by atoms with E-state index in [1.165, 1.54) is 15.6 Å². The Bertz CT molecular complexity index is 577. The summed E-state index contributed by atoms with van der Waals surface area (Å²) in [5.74, 6) is -0.610. The lowest BCUT2D eigenvalue weighted by Crippen LogP contribution is -2.29. The first-order valence-corrected chi connectivity index (χ1v) is 7.84. The Morgan fingerprint density at radius 1 is 1.35 bits per heavy atom. The molecule has 2 rings (SSSR count). The predicted molar refractivity (Wildman–Crippen MR) is 84.1 cm³/mol. The molecule has 0 spiro atoms. The third-order valence-electron chi connectivity index (χ3n) is 3.37. The van der Waals surface area contributed by atoms with Crippen LogP contribution in [-0.4, -0.2) is 17.6 Å². The van der Waals surface area contributed by atoms with Crippen LogP contribution in [0, 0.1) is 11.8 Å². The molecule has 0 bridgehead atoms. The van der Waals surface area contributed by atoms with Gasteiger partial charge >= 0.3 is 5.97 Å². The fourth-order valence-electron chi connectivity index (χ4n) is 2.39. The number of rotatable bonds is 7. The molecule has 0 aliphatic carbocycles. The number of hydrogen-bond donors (Lipinski definition) is 2. The molecule has 1 aromatic carbocycles. The largest absolute Gasteiger partial charge is 0.481 e. The first kappa shape index (κ1) is 15.0. The fourth-order valence-corrected chi connectivity index (χ4v) is 3.35. The average molecular weight is 291 g/mol. The molecule has 20 heavy (non-hydrogen) atoms. The molecule has 2 aromatic rings. The summed E-state index contributed by atoms with van der Waals surface area (Å²) in [6.07, 6.45) is 0.715. The van der Waals surface area contributed by atoms with Gasteiger partial charge in [-0.15, -0.1) is 11.3 Å². The van der Waals surface area contributed by atoms with Crippen LogP contribution in [0.2, 0.25) is 0 Å². The second-order valence-corrected chi connectivity index (χ2v) is 6.46. The van der Waals surface area contributed by atoms with Crippen LogP contribution >= 0.6 is 11.3 Å². The minimum absolute atomic E-state index is 0.306. The van der Waals surface area contributed by atoms with Crippen molar-refractivity contribution in [1.82, 2.24) is 5.32 Å². The predicted octanol–water partition coefficient (Wildman–Crippen LogP) is 3.74. The summed E-state index contributed by atoms with van der Waals surface area (Å²) in [5.41, 5.74) is 1.25. The zero-order chi connectivity index (χ0) is 14.5. The summed E-state index contributed by atoms with van der Waals surface area (Å²) in [7, 11) is 0. The Labute approximate surface area is 123 Å². The van der Waals surface area contributed by atoms with Crippen LogP contribution in [0.25, 0.3) is 10.1 Å². The zero-order valence-corrected chi connectivity index (χ0v) is 12.7. The Kier molecular flexibility index (Phi) is 5.15. The summed E-state index contributed by atoms with van der Waals surface area (Å²) < 4.78 is 1.28. The zero-order valence-electron chi connectivity index (χ0n) is 11.9. The molecule has 3 nitrogen and oxygen atoms in total. The van der Waals surface area contributed by atoms with E-state index >= 15 is 0 Å². The maximum absolute atomic E-state index is 11.2. The Morgan fingerprint density at radius 3 is 2.80 bits per heavy atom. The molecule has 108 valence electrons. The second kappa shape index (κ2) is 6.86. The lowest BCUT2D eigenvalue weighted by atomic mass is 9.97. The molecule has 0 saturated heterocycles. The summed E-state index contributed by atoms with van der Waals surface area (Å²) in [6, 6.07) is 8.31. The number of carbonyl (C=O) groups is 1. The lowest BCUT2D eigenvalue weighted by Gasteiger charge is -2.15. The molecule has 0 fully saturated rings. The van der Waals surface area contributed by atoms with Gasteiger partial charge in [0.05, 0.1) is 5.92 Å². The van der Waals surface area contributed by atoms with E-state index in [0.29, 0.717) is 18.9 Å². The number of fused-ring (bicyclic) bond motifs is 1. The molecule has 2 N–H and O–H groups in total. The van der Waals surface area contributed by atoms with Gasteiger partial charge in [0.25, 0.3) is 0 Å². The molecular formula is C16H21NO2S. The third kappa shape index (κ3) is 3.81. The number of benzene rings is 1. The van der Waals surface area contributed by atoms with Crippen molar-refractivity contribution in [3.8, 4) is 0 Å². The first-order valence-electron chi connectivity index (χ1n) is 6.96. The monoisotopic (exact) mass is 291 g/mol. The minimum Gasteiger partial charge on any atom is -0.481 e. The lowest BCUT2D eigenvalue weighted by molar-refractivity contribution is -0.142. The quantitative estimate of drug-likeness (QED) is 0.817. The molecule has 0 saturated carbocycles. The van der Waals surface area contributed by atoms with E-state index in [2.05, 4.69) is 36.7 Å². The second-order valence-electron chi connectivity index (χ2n) is 5.55. The summed E-state index contributed by atoms with van der Waals surface area (Å²) in [4.78, 5) is 11.2. The SMILES string of the molecule is CC(C)CC(CNCc1csc2ccccc12)C(=O)O. The number of nitrogens with one attached hydrogen (secondary N) is 1. The maximum Gasteiger partial charge on any atom is 0.307 e. The van der Waals surface area contributed by atoms with Crippen LogP contribution in [0.3, 0.4) is 0 Å². The minimum atomic E-state index is -0.707. The first-order chi connectivity index (χ1) is 9.58. The van der Waals surface area contributed by atoms with Gasteiger partial charge in [-0.2, -0.15) is 0 Å². The summed E-state index contributed by atoms with van der Waals surface area (Å²) >= 11 is 1.73. The van der Waals surface area contributed by atoms with Gasteiger partial charge in [-0.3, -0.25) is 4.79 Å². The Hall–Kier alpha value is -1.39. The average Bonchev–Trinajstić information content (AvgIpc) is 2.80. The van der Waals surface area contributed by atoms with Crippen LogP contribution in [0.1, 0.15) is 25.8 Å². The molecule has 1 atom stereocenters. The van der Waals surface area contributed by atoms with Crippen LogP contribution in [0.5, 0.6) is 0 Å². The van der Waals surface area contributed by atoms with Crippen LogP contribution in [0.4, 0.5) is 0 Å². The van der Waals surface area contributed by atoms with Crippen molar-refractivity contribution in [2.75, 3.05) is 6.54 Å². The standard InChI is InChI=1S/C16H21NO2S/c1-11(2)7-12(16(18)19)8-17-9-13-10-20-15-6-4-3-5-14(13)15/h3-6,10-12,17H,7-9H2,1-2H3,(H,18,19). The highest BCUT2D eigenvalue weighted by atomic mass is 32.1. The molecule has 1 heterocycles. The van der Waals surface area contributed by atoms with E-state index in [1.807, 2.05) is 12.1 Å². The van der Waals surface area contributed by atoms with E-state index < -0.39 is 5.97 Å². The number of carboxylic acids is 1. The van der Waals surface area contributed by atoms with E-state index in [1.54, 1.807) is 11.3 Å². The normalized spacial score (nSPS) is 12.9. The Morgan fingerprint density at radius 2 is 2.10 bits per heavy atom. The smallest absolute Gasteiger partial charge is 0.307 e. The third-order valence-corrected chi connectivity index (χ3v) is 4.38. The molecule has 0 aliphatic rings. The van der Waals surface area contributed by atoms with Crippen LogP contribution in [0.15, 0.2) is 29.6 Å². The van der Waals surface area contributed by atoms with Gasteiger partial charge in [0.2, 0.25) is 0 Å². The molecule has 0 amide bonds. The number of thiophene rings is 1. The topological polar surface area (TPSA) is 49.3 Å². The summed E-state index contributed by atoms with van der Waals surface area (Å²) in [5, 5.41) is 15.9. The summed E-state index contributed by atoms with van der Waals surface area (Å²) in [6.45, 7) is 5.37. The van der Waals surface area contributed by atoms with Crippen molar-refractivity contribution >= 4 is 27.4 Å². The van der Waals surface area contributed by atoms with Gasteiger partial charge in [-0.05, 0) is 34.7 Å². The highest BCUT2D eigenvalue weighted by Crippen LogP contribution is 2.25. The fraction of sp³-hybridized carbons (Fsp3) is 0.438. The number of hydrogen-bond acceptors (Lipinski definition) is 3. The van der Waals surface area contributed by atoms with E-state index in [4.69, 9.17) is 0 Å². The molecule has 1 aromatic heterocycles. The van der Waals surface area contributed by atoms with E-state index in [0.717, 1.165) is 6.54 Å². The van der Waals surface area contributed by atoms with Crippen molar-refractivity contribution in [3.63, 3.8) is 0 Å². The highest BCUT2D eigenvalue weighted by Gasteiger charge is 2.18. The number of carboxylic acid groups (broad SMARTS) is 1. The highest BCUT2D eigenvalue weighted by molar-refractivity contribution is 7.17. The van der Waals surface area contributed by atoms with Crippen molar-refractivity contribution < 1.29 is 9.90 Å². The van der Waals surface area contributed by atoms with Gasteiger partial charge in [-0.25, -0.2) is 0 Å². The molecule has 1 unspecified atom stereocenters. The van der Waals surface area contributed by atoms with Gasteiger partial charge in [0.15, 0.2) is 0 Å². The molecule has 4 heteroatoms. The van der Waals surface area contributed by atoms with Crippen molar-refractivity contribution in [2.24, 2.45) is 11.8 Å². The van der Waals surface area contributed by atoms with Gasteiger partial charge in [0, 0.05) is 17.8 Å². The Balaban J connectivity index is 1.93. The molecular weight excluding hydrogens is 270 g/mol. The molecule has 0 aliphatic heterocycles. The van der Waals surface area contributed by atoms with Crippen molar-refractivity contribution in [2.45, 2.75) is 26.8 Å². The van der Waals surface area contributed by atoms with E-state index in [-0.39, 0.29) is 5.92 Å².